The van der Waals surface area contributed by atoms with E-state index in [1.165, 1.54) is 0 Å². The number of aromatic nitrogens is 1. The van der Waals surface area contributed by atoms with Crippen molar-refractivity contribution in [3.63, 3.8) is 0 Å². The minimum atomic E-state index is -0.774. The van der Waals surface area contributed by atoms with Crippen molar-refractivity contribution in [1.29, 1.82) is 0 Å². The molecule has 0 unspecified atom stereocenters. The molecule has 0 saturated carbocycles. The van der Waals surface area contributed by atoms with Gasteiger partial charge in [0.2, 0.25) is 17.7 Å². The molecule has 8 nitrogen and oxygen atoms in total. The fraction of sp³-hybridized carbons (Fsp3) is 0.414. The maximum atomic E-state index is 13.4. The quantitative estimate of drug-likeness (QED) is 0.291. The molecule has 4 rings (SSSR count). The molecule has 2 bridgehead atoms. The molecule has 196 valence electrons. The fourth-order valence-corrected chi connectivity index (χ4v) is 5.07. The number of carbonyl (C=O) groups is 3. The monoisotopic (exact) mass is 504 g/mol. The molecule has 1 aliphatic heterocycles. The summed E-state index contributed by atoms with van der Waals surface area (Å²) in [6.07, 6.45) is 7.38. The summed E-state index contributed by atoms with van der Waals surface area (Å²) in [6.45, 7) is 1.48. The lowest BCUT2D eigenvalue weighted by molar-refractivity contribution is -0.136. The molecule has 2 atom stereocenters. The Bertz CT molecular complexity index is 1210. The second-order valence-electron chi connectivity index (χ2n) is 9.80. The summed E-state index contributed by atoms with van der Waals surface area (Å²) < 4.78 is 2.24. The van der Waals surface area contributed by atoms with Gasteiger partial charge in [0, 0.05) is 48.9 Å². The lowest BCUT2D eigenvalue weighted by atomic mass is 9.94. The molecule has 2 aromatic carbocycles. The van der Waals surface area contributed by atoms with Crippen LogP contribution in [0.3, 0.4) is 0 Å². The number of para-hydroxylation sites is 1. The van der Waals surface area contributed by atoms with Crippen LogP contribution in [0.15, 0.2) is 60.8 Å². The van der Waals surface area contributed by atoms with Crippen LogP contribution in [0.2, 0.25) is 0 Å². The number of hydrogen-bond acceptors (Lipinski definition) is 4. The second kappa shape index (κ2) is 13.1. The average molecular weight is 505 g/mol. The van der Waals surface area contributed by atoms with Crippen molar-refractivity contribution in [3.05, 3.63) is 71.9 Å². The normalized spacial score (nSPS) is 17.5. The van der Waals surface area contributed by atoms with Gasteiger partial charge in [-0.1, -0.05) is 61.4 Å². The molecular formula is C29H36N4O4. The van der Waals surface area contributed by atoms with E-state index in [1.54, 1.807) is 5.48 Å². The molecule has 8 heteroatoms. The zero-order chi connectivity index (χ0) is 26.0. The lowest BCUT2D eigenvalue weighted by Crippen LogP contribution is -2.50. The van der Waals surface area contributed by atoms with Gasteiger partial charge in [0.15, 0.2) is 0 Å². The Morgan fingerprint density at radius 2 is 1.78 bits per heavy atom. The molecule has 2 heterocycles. The number of hydrogen-bond donors (Lipinski definition) is 4. The molecule has 3 amide bonds. The molecular weight excluding hydrogens is 468 g/mol. The average Bonchev–Trinajstić information content (AvgIpc) is 3.27. The fourth-order valence-electron chi connectivity index (χ4n) is 5.07. The molecule has 0 spiro atoms. The van der Waals surface area contributed by atoms with Gasteiger partial charge in [-0.05, 0) is 42.9 Å². The third kappa shape index (κ3) is 7.20. The Morgan fingerprint density at radius 1 is 1.03 bits per heavy atom. The first-order valence-corrected chi connectivity index (χ1v) is 13.2. The smallest absolute Gasteiger partial charge is 0.244 e. The zero-order valence-electron chi connectivity index (χ0n) is 21.1. The molecule has 0 fully saturated rings. The highest BCUT2D eigenvalue weighted by Crippen LogP contribution is 2.24. The van der Waals surface area contributed by atoms with Gasteiger partial charge in [-0.25, -0.2) is 5.48 Å². The van der Waals surface area contributed by atoms with Crippen LogP contribution in [0.5, 0.6) is 0 Å². The maximum Gasteiger partial charge on any atom is 0.244 e. The number of fused-ring (bicyclic) bond motifs is 5. The number of aryl methyl sites for hydroxylation is 2. The Balaban J connectivity index is 1.56. The number of benzene rings is 2. The highest BCUT2D eigenvalue weighted by molar-refractivity contribution is 5.91. The van der Waals surface area contributed by atoms with Crippen molar-refractivity contribution >= 4 is 28.6 Å². The van der Waals surface area contributed by atoms with Gasteiger partial charge in [0.05, 0.1) is 0 Å². The summed E-state index contributed by atoms with van der Waals surface area (Å²) in [7, 11) is 0. The van der Waals surface area contributed by atoms with Crippen LogP contribution < -0.4 is 16.1 Å². The molecule has 0 saturated heterocycles. The SMILES string of the molecule is O=C(C[C@@H](CCc1ccccc1)C(=O)N[C@H]1Cc2cn(c3ccccc23)CCCCCCNC1=O)NO. The Labute approximate surface area is 217 Å². The van der Waals surface area contributed by atoms with Gasteiger partial charge in [-0.2, -0.15) is 0 Å². The van der Waals surface area contributed by atoms with E-state index >= 15 is 0 Å². The number of amides is 3. The predicted octanol–water partition coefficient (Wildman–Crippen LogP) is 3.50. The lowest BCUT2D eigenvalue weighted by Gasteiger charge is -2.22. The van der Waals surface area contributed by atoms with Crippen molar-refractivity contribution in [2.45, 2.75) is 64.0 Å². The number of nitrogens with one attached hydrogen (secondary N) is 3. The van der Waals surface area contributed by atoms with Crippen LogP contribution in [-0.4, -0.2) is 40.1 Å². The van der Waals surface area contributed by atoms with Gasteiger partial charge in [-0.3, -0.25) is 19.6 Å². The van der Waals surface area contributed by atoms with E-state index in [2.05, 4.69) is 33.5 Å². The van der Waals surface area contributed by atoms with Gasteiger partial charge in [0.1, 0.15) is 6.04 Å². The zero-order valence-corrected chi connectivity index (χ0v) is 21.1. The first kappa shape index (κ1) is 26.4. The third-order valence-corrected chi connectivity index (χ3v) is 7.10. The van der Waals surface area contributed by atoms with E-state index in [0.29, 0.717) is 25.8 Å². The summed E-state index contributed by atoms with van der Waals surface area (Å²) in [6, 6.07) is 17.1. The Kier molecular flexibility index (Phi) is 9.32. The van der Waals surface area contributed by atoms with E-state index in [9.17, 15) is 14.4 Å². The van der Waals surface area contributed by atoms with E-state index in [4.69, 9.17) is 5.21 Å². The van der Waals surface area contributed by atoms with Crippen LogP contribution in [-0.2, 0) is 33.8 Å². The highest BCUT2D eigenvalue weighted by Gasteiger charge is 2.28. The number of rotatable bonds is 7. The van der Waals surface area contributed by atoms with Crippen LogP contribution >= 0.6 is 0 Å². The summed E-state index contributed by atoms with van der Waals surface area (Å²) in [5, 5.41) is 16.1. The summed E-state index contributed by atoms with van der Waals surface area (Å²) in [5.74, 6) is -1.91. The minimum Gasteiger partial charge on any atom is -0.354 e. The first-order valence-electron chi connectivity index (χ1n) is 13.2. The number of hydroxylamine groups is 1. The number of nitrogens with zero attached hydrogens (tertiary/aromatic N) is 1. The molecule has 1 aliphatic rings. The molecule has 1 aromatic heterocycles. The molecule has 0 aliphatic carbocycles. The topological polar surface area (TPSA) is 112 Å². The largest absolute Gasteiger partial charge is 0.354 e. The molecule has 0 radical (unpaired) electrons. The molecule has 3 aromatic rings. The van der Waals surface area contributed by atoms with Crippen molar-refractivity contribution in [2.24, 2.45) is 5.92 Å². The van der Waals surface area contributed by atoms with Crippen molar-refractivity contribution in [2.75, 3.05) is 6.54 Å². The summed E-state index contributed by atoms with van der Waals surface area (Å²) >= 11 is 0. The van der Waals surface area contributed by atoms with Crippen molar-refractivity contribution < 1.29 is 19.6 Å². The van der Waals surface area contributed by atoms with Crippen molar-refractivity contribution in [3.8, 4) is 0 Å². The Hall–Kier alpha value is -3.65. The van der Waals surface area contributed by atoms with Crippen LogP contribution in [0.1, 0.15) is 49.7 Å². The van der Waals surface area contributed by atoms with Crippen LogP contribution in [0.25, 0.3) is 10.9 Å². The Morgan fingerprint density at radius 3 is 2.59 bits per heavy atom. The predicted molar refractivity (Wildman–Crippen MR) is 142 cm³/mol. The summed E-state index contributed by atoms with van der Waals surface area (Å²) in [4.78, 5) is 38.6. The summed E-state index contributed by atoms with van der Waals surface area (Å²) in [5.41, 5.74) is 4.82. The van der Waals surface area contributed by atoms with E-state index in [1.807, 2.05) is 42.5 Å². The molecule has 4 N–H and O–H groups in total. The van der Waals surface area contributed by atoms with E-state index in [0.717, 1.165) is 54.3 Å². The third-order valence-electron chi connectivity index (χ3n) is 7.10. The van der Waals surface area contributed by atoms with Crippen LogP contribution in [0, 0.1) is 5.92 Å². The van der Waals surface area contributed by atoms with Crippen LogP contribution in [0.4, 0.5) is 0 Å². The van der Waals surface area contributed by atoms with Crippen molar-refractivity contribution in [1.82, 2.24) is 20.7 Å². The maximum absolute atomic E-state index is 13.4. The number of carbonyl (C=O) groups excluding carboxylic acids is 3. The first-order chi connectivity index (χ1) is 18.0. The van der Waals surface area contributed by atoms with E-state index in [-0.39, 0.29) is 18.2 Å². The van der Waals surface area contributed by atoms with Gasteiger partial charge < -0.3 is 15.2 Å². The second-order valence-corrected chi connectivity index (χ2v) is 9.80. The van der Waals surface area contributed by atoms with Gasteiger partial charge in [-0.15, -0.1) is 0 Å². The molecule has 37 heavy (non-hydrogen) atoms. The standard InChI is InChI=1S/C29H36N4O4/c34-27(32-37)19-22(15-14-21-10-4-3-5-11-21)28(35)31-25-18-23-20-33(26-13-7-6-12-24(23)26)17-9-2-1-8-16-30-29(25)36/h3-7,10-13,20,22,25,37H,1-2,8-9,14-19H2,(H,30,36)(H,31,35)(H,32,34)/t22-,25+/m1/s1. The van der Waals surface area contributed by atoms with E-state index < -0.39 is 17.9 Å². The highest BCUT2D eigenvalue weighted by atomic mass is 16.5. The van der Waals surface area contributed by atoms with Gasteiger partial charge in [0.25, 0.3) is 0 Å². The minimum absolute atomic E-state index is 0.164. The van der Waals surface area contributed by atoms with Gasteiger partial charge >= 0.3 is 0 Å².